The van der Waals surface area contributed by atoms with Gasteiger partial charge in [0.25, 0.3) is 5.91 Å². The van der Waals surface area contributed by atoms with Gasteiger partial charge in [0.05, 0.1) is 23.0 Å². The number of hydrogen-bond donors (Lipinski definition) is 0. The molecule has 0 aliphatic rings. The van der Waals surface area contributed by atoms with Crippen molar-refractivity contribution in [3.63, 3.8) is 0 Å². The summed E-state index contributed by atoms with van der Waals surface area (Å²) in [4.78, 5) is 18.7. The monoisotopic (exact) mass is 431 g/mol. The number of carbonyl (C=O) groups is 1. The lowest BCUT2D eigenvalue weighted by Gasteiger charge is -2.25. The second-order valence-electron chi connectivity index (χ2n) is 7.64. The SMILES string of the molecule is Cc1noc(C)c1COc1ccc(C(=O)N(C)C(C)c2ccc(-n3cncn3)cc2)cc1. The largest absolute Gasteiger partial charge is 0.489 e. The van der Waals surface area contributed by atoms with Gasteiger partial charge >= 0.3 is 0 Å². The van der Waals surface area contributed by atoms with Crippen LogP contribution in [0.3, 0.4) is 0 Å². The van der Waals surface area contributed by atoms with Gasteiger partial charge in [-0.25, -0.2) is 9.67 Å². The molecule has 0 spiro atoms. The normalized spacial score (nSPS) is 11.9. The molecule has 32 heavy (non-hydrogen) atoms. The summed E-state index contributed by atoms with van der Waals surface area (Å²) in [6, 6.07) is 15.0. The Morgan fingerprint density at radius 3 is 2.44 bits per heavy atom. The fourth-order valence-electron chi connectivity index (χ4n) is 3.41. The fraction of sp³-hybridized carbons (Fsp3) is 0.250. The van der Waals surface area contributed by atoms with E-state index in [9.17, 15) is 4.79 Å². The van der Waals surface area contributed by atoms with Gasteiger partial charge in [0.1, 0.15) is 30.8 Å². The first kappa shape index (κ1) is 21.3. The third-order valence-corrected chi connectivity index (χ3v) is 5.63. The number of nitrogens with zero attached hydrogens (tertiary/aromatic N) is 5. The standard InChI is InChI=1S/C24H25N5O3/c1-16-23(18(3)32-27-16)13-31-22-11-7-20(8-12-22)24(30)28(4)17(2)19-5-9-21(10-6-19)29-15-25-14-26-29/h5-12,14-15,17H,13H2,1-4H3. The predicted molar refractivity (Wildman–Crippen MR) is 119 cm³/mol. The number of rotatable bonds is 7. The van der Waals surface area contributed by atoms with Crippen LogP contribution in [0.4, 0.5) is 0 Å². The Bertz CT molecular complexity index is 1160. The Morgan fingerprint density at radius 2 is 1.84 bits per heavy atom. The molecule has 0 radical (unpaired) electrons. The molecule has 0 bridgehead atoms. The Balaban J connectivity index is 1.39. The zero-order valence-corrected chi connectivity index (χ0v) is 18.5. The Hall–Kier alpha value is -3.94. The van der Waals surface area contributed by atoms with Crippen LogP contribution in [-0.2, 0) is 6.61 Å². The molecule has 8 nitrogen and oxygen atoms in total. The van der Waals surface area contributed by atoms with Crippen molar-refractivity contribution in [3.05, 3.63) is 89.3 Å². The highest BCUT2D eigenvalue weighted by molar-refractivity contribution is 5.94. The van der Waals surface area contributed by atoms with E-state index in [1.165, 1.54) is 6.33 Å². The van der Waals surface area contributed by atoms with Crippen LogP contribution in [0.1, 0.15) is 45.9 Å². The highest BCUT2D eigenvalue weighted by atomic mass is 16.5. The minimum Gasteiger partial charge on any atom is -0.489 e. The Morgan fingerprint density at radius 1 is 1.12 bits per heavy atom. The van der Waals surface area contributed by atoms with E-state index in [1.54, 1.807) is 47.2 Å². The quantitative estimate of drug-likeness (QED) is 0.434. The van der Waals surface area contributed by atoms with E-state index < -0.39 is 0 Å². The van der Waals surface area contributed by atoms with E-state index in [4.69, 9.17) is 9.26 Å². The van der Waals surface area contributed by atoms with E-state index >= 15 is 0 Å². The average molecular weight is 431 g/mol. The molecule has 2 heterocycles. The first-order valence-corrected chi connectivity index (χ1v) is 10.3. The van der Waals surface area contributed by atoms with E-state index in [1.807, 2.05) is 45.0 Å². The highest BCUT2D eigenvalue weighted by Gasteiger charge is 2.19. The van der Waals surface area contributed by atoms with Gasteiger partial charge in [-0.3, -0.25) is 4.79 Å². The van der Waals surface area contributed by atoms with E-state index in [-0.39, 0.29) is 11.9 Å². The molecule has 2 aromatic heterocycles. The maximum Gasteiger partial charge on any atom is 0.254 e. The topological polar surface area (TPSA) is 86.3 Å². The Kier molecular flexibility index (Phi) is 6.02. The summed E-state index contributed by atoms with van der Waals surface area (Å²) in [5.74, 6) is 1.37. The number of ether oxygens (including phenoxy) is 1. The first-order chi connectivity index (χ1) is 15.4. The van der Waals surface area contributed by atoms with Gasteiger partial charge in [-0.1, -0.05) is 17.3 Å². The smallest absolute Gasteiger partial charge is 0.254 e. The maximum absolute atomic E-state index is 13.0. The molecule has 0 fully saturated rings. The zero-order valence-electron chi connectivity index (χ0n) is 18.5. The van der Waals surface area contributed by atoms with Gasteiger partial charge in [0.15, 0.2) is 0 Å². The van der Waals surface area contributed by atoms with Gasteiger partial charge in [-0.2, -0.15) is 5.10 Å². The van der Waals surface area contributed by atoms with E-state index in [0.717, 1.165) is 28.3 Å². The maximum atomic E-state index is 13.0. The predicted octanol–water partition coefficient (Wildman–Crippen LogP) is 4.28. The Labute approximate surface area is 186 Å². The van der Waals surface area contributed by atoms with Gasteiger partial charge in [0, 0.05) is 12.6 Å². The van der Waals surface area contributed by atoms with Crippen molar-refractivity contribution < 1.29 is 14.1 Å². The lowest BCUT2D eigenvalue weighted by Crippen LogP contribution is -2.29. The number of carbonyl (C=O) groups excluding carboxylic acids is 1. The first-order valence-electron chi connectivity index (χ1n) is 10.3. The molecule has 4 aromatic rings. The molecule has 8 heteroatoms. The average Bonchev–Trinajstić information content (AvgIpc) is 3.47. The molecule has 0 saturated carbocycles. The summed E-state index contributed by atoms with van der Waals surface area (Å²) in [6.45, 7) is 6.12. The molecule has 164 valence electrons. The van der Waals surface area contributed by atoms with Crippen molar-refractivity contribution in [1.82, 2.24) is 24.8 Å². The van der Waals surface area contributed by atoms with Crippen LogP contribution in [0.15, 0.2) is 65.7 Å². The molecule has 1 atom stereocenters. The third kappa shape index (κ3) is 4.39. The van der Waals surface area contributed by atoms with Crippen LogP contribution in [0, 0.1) is 13.8 Å². The molecular formula is C24H25N5O3. The minimum absolute atomic E-state index is 0.0601. The minimum atomic E-state index is -0.0947. The van der Waals surface area contributed by atoms with Gasteiger partial charge in [0.2, 0.25) is 0 Å². The second-order valence-corrected chi connectivity index (χ2v) is 7.64. The molecule has 1 unspecified atom stereocenters. The summed E-state index contributed by atoms with van der Waals surface area (Å²) < 4.78 is 12.7. The van der Waals surface area contributed by atoms with Gasteiger partial charge < -0.3 is 14.2 Å². The van der Waals surface area contributed by atoms with Crippen molar-refractivity contribution in [3.8, 4) is 11.4 Å². The third-order valence-electron chi connectivity index (χ3n) is 5.63. The van der Waals surface area contributed by atoms with Crippen molar-refractivity contribution in [2.24, 2.45) is 0 Å². The van der Waals surface area contributed by atoms with Crippen molar-refractivity contribution in [2.75, 3.05) is 7.05 Å². The van der Waals surface area contributed by atoms with Gasteiger partial charge in [-0.15, -0.1) is 0 Å². The number of amides is 1. The molecule has 0 N–H and O–H groups in total. The van der Waals surface area contributed by atoms with Crippen LogP contribution in [0.2, 0.25) is 0 Å². The van der Waals surface area contributed by atoms with Crippen LogP contribution in [-0.4, -0.2) is 37.8 Å². The summed E-state index contributed by atoms with van der Waals surface area (Å²) in [5, 5.41) is 8.06. The van der Waals surface area contributed by atoms with Crippen molar-refractivity contribution in [2.45, 2.75) is 33.4 Å². The van der Waals surface area contributed by atoms with E-state index in [2.05, 4.69) is 15.2 Å². The number of aryl methyl sites for hydroxylation is 2. The van der Waals surface area contributed by atoms with Gasteiger partial charge in [-0.05, 0) is 62.7 Å². The molecule has 4 rings (SSSR count). The van der Waals surface area contributed by atoms with Crippen LogP contribution in [0.5, 0.6) is 5.75 Å². The fourth-order valence-corrected chi connectivity index (χ4v) is 3.41. The van der Waals surface area contributed by atoms with Crippen LogP contribution in [0.25, 0.3) is 5.69 Å². The molecule has 0 aliphatic carbocycles. The van der Waals surface area contributed by atoms with E-state index in [0.29, 0.717) is 17.9 Å². The number of benzene rings is 2. The lowest BCUT2D eigenvalue weighted by atomic mass is 10.1. The second kappa shape index (κ2) is 9.05. The summed E-state index contributed by atoms with van der Waals surface area (Å²) >= 11 is 0. The van der Waals surface area contributed by atoms with Crippen molar-refractivity contribution >= 4 is 5.91 Å². The van der Waals surface area contributed by atoms with Crippen molar-refractivity contribution in [1.29, 1.82) is 0 Å². The molecular weight excluding hydrogens is 406 g/mol. The van der Waals surface area contributed by atoms with Crippen LogP contribution >= 0.6 is 0 Å². The molecule has 1 amide bonds. The lowest BCUT2D eigenvalue weighted by molar-refractivity contribution is 0.0742. The summed E-state index contributed by atoms with van der Waals surface area (Å²) in [7, 11) is 1.81. The van der Waals surface area contributed by atoms with Crippen LogP contribution < -0.4 is 4.74 Å². The zero-order chi connectivity index (χ0) is 22.7. The molecule has 0 aliphatic heterocycles. The summed E-state index contributed by atoms with van der Waals surface area (Å²) in [6.07, 6.45) is 3.14. The molecule has 0 saturated heterocycles. The number of aromatic nitrogens is 4. The number of hydrogen-bond acceptors (Lipinski definition) is 6. The molecule has 2 aromatic carbocycles. The highest BCUT2D eigenvalue weighted by Crippen LogP contribution is 2.23. The summed E-state index contributed by atoms with van der Waals surface area (Å²) in [5.41, 5.74) is 4.31.